The van der Waals surface area contributed by atoms with E-state index in [0.717, 1.165) is 17.8 Å². The number of nitriles is 2. The highest BCUT2D eigenvalue weighted by Gasteiger charge is 2.38. The summed E-state index contributed by atoms with van der Waals surface area (Å²) in [7, 11) is 2.88. The van der Waals surface area contributed by atoms with Crippen molar-refractivity contribution in [3.05, 3.63) is 93.8 Å². The van der Waals surface area contributed by atoms with Crippen molar-refractivity contribution in [1.29, 1.82) is 10.5 Å². The third-order valence-corrected chi connectivity index (χ3v) is 7.55. The van der Waals surface area contributed by atoms with E-state index < -0.39 is 29.7 Å². The molecule has 0 aliphatic carbocycles. The Hall–Kier alpha value is -5.14. The summed E-state index contributed by atoms with van der Waals surface area (Å²) in [5.41, 5.74) is 5.91. The highest BCUT2D eigenvalue weighted by atomic mass is 32.2. The van der Waals surface area contributed by atoms with Crippen molar-refractivity contribution in [3.63, 3.8) is 0 Å². The molecule has 9 nitrogen and oxygen atoms in total. The van der Waals surface area contributed by atoms with Crippen LogP contribution in [0.15, 0.2) is 76.3 Å². The number of benzene rings is 2. The van der Waals surface area contributed by atoms with Crippen molar-refractivity contribution in [1.82, 2.24) is 4.98 Å². The van der Waals surface area contributed by atoms with Crippen LogP contribution < -0.4 is 15.2 Å². The predicted octanol–water partition coefficient (Wildman–Crippen LogP) is 6.13. The van der Waals surface area contributed by atoms with Crippen molar-refractivity contribution in [2.75, 3.05) is 26.6 Å². The second kappa shape index (κ2) is 13.9. The molecule has 1 aromatic heterocycles. The lowest BCUT2D eigenvalue weighted by molar-refractivity contribution is -0.139. The van der Waals surface area contributed by atoms with Crippen molar-refractivity contribution >= 4 is 17.7 Å². The van der Waals surface area contributed by atoms with E-state index in [4.69, 9.17) is 24.7 Å². The summed E-state index contributed by atoms with van der Waals surface area (Å²) >= 11 is 0.851. The lowest BCUT2D eigenvalue weighted by Gasteiger charge is -2.28. The summed E-state index contributed by atoms with van der Waals surface area (Å²) in [5, 5.41) is 19.7. The van der Waals surface area contributed by atoms with E-state index in [2.05, 4.69) is 4.98 Å². The van der Waals surface area contributed by atoms with E-state index >= 15 is 0 Å². The number of ether oxygens (including phenoxy) is 4. The summed E-state index contributed by atoms with van der Waals surface area (Å²) in [4.78, 5) is 17.7. The molecule has 0 fully saturated rings. The van der Waals surface area contributed by atoms with E-state index in [1.54, 1.807) is 31.2 Å². The van der Waals surface area contributed by atoms with Gasteiger partial charge in [0.1, 0.15) is 34.3 Å². The van der Waals surface area contributed by atoms with E-state index in [9.17, 15) is 28.5 Å². The second-order valence-electron chi connectivity index (χ2n) is 9.08. The lowest BCUT2D eigenvalue weighted by Crippen LogP contribution is -2.27. The minimum atomic E-state index is -3.01. The molecule has 226 valence electrons. The molecule has 2 aromatic carbocycles. The Kier molecular flexibility index (Phi) is 10.0. The molecule has 0 spiro atoms. The average Bonchev–Trinajstić information content (AvgIpc) is 3.02. The number of thioether (sulfide) groups is 1. The van der Waals surface area contributed by atoms with Gasteiger partial charge in [0.15, 0.2) is 11.5 Å². The molecule has 1 aliphatic rings. The van der Waals surface area contributed by atoms with Crippen molar-refractivity contribution in [2.24, 2.45) is 5.73 Å². The van der Waals surface area contributed by atoms with E-state index in [1.807, 2.05) is 6.07 Å². The quantitative estimate of drug-likeness (QED) is 0.207. The largest absolute Gasteiger partial charge is 0.493 e. The molecule has 13 heteroatoms. The van der Waals surface area contributed by atoms with Gasteiger partial charge in [-0.1, -0.05) is 23.9 Å². The molecule has 1 aliphatic heterocycles. The first kappa shape index (κ1) is 31.8. The molecule has 0 bridgehead atoms. The first-order valence-electron chi connectivity index (χ1n) is 13.0. The van der Waals surface area contributed by atoms with Crippen molar-refractivity contribution in [3.8, 4) is 34.9 Å². The highest BCUT2D eigenvalue weighted by molar-refractivity contribution is 7.99. The van der Waals surface area contributed by atoms with Crippen LogP contribution in [0.2, 0.25) is 0 Å². The van der Waals surface area contributed by atoms with Crippen LogP contribution >= 0.6 is 11.8 Å². The topological polar surface area (TPSA) is 140 Å². The number of hydrogen-bond acceptors (Lipinski definition) is 10. The number of halogens is 3. The molecule has 2 N–H and O–H groups in total. The van der Waals surface area contributed by atoms with Gasteiger partial charge in [-0.15, -0.1) is 0 Å². The number of allylic oxidation sites excluding steroid dienone is 1. The first-order chi connectivity index (χ1) is 21.2. The lowest BCUT2D eigenvalue weighted by atomic mass is 9.83. The molecule has 0 radical (unpaired) electrons. The molecule has 3 aromatic rings. The Morgan fingerprint density at radius 2 is 1.80 bits per heavy atom. The van der Waals surface area contributed by atoms with Gasteiger partial charge < -0.3 is 24.7 Å². The predicted molar refractivity (Wildman–Crippen MR) is 154 cm³/mol. The third kappa shape index (κ3) is 6.43. The summed E-state index contributed by atoms with van der Waals surface area (Å²) in [6.45, 7) is 1.58. The molecule has 0 saturated carbocycles. The van der Waals surface area contributed by atoms with Gasteiger partial charge in [-0.2, -0.15) is 10.5 Å². The number of hydrogen-bond donors (Lipinski definition) is 1. The third-order valence-electron chi connectivity index (χ3n) is 6.58. The van der Waals surface area contributed by atoms with E-state index in [0.29, 0.717) is 22.6 Å². The van der Waals surface area contributed by atoms with Gasteiger partial charge >= 0.3 is 5.97 Å². The van der Waals surface area contributed by atoms with Crippen LogP contribution in [0, 0.1) is 28.5 Å². The average molecular weight is 623 g/mol. The van der Waals surface area contributed by atoms with Gasteiger partial charge in [-0.25, -0.2) is 22.9 Å². The standard InChI is InChI=1S/C31H25F3N4O5S/c1-4-42-31(39)27-25(43-29(37)21(14-36)26(27)16-5-8-18(32)9-6-16)15-44-30-20(13-35)19(28(33)34)12-22(38-30)17-7-10-23(40-2)24(11-17)41-3/h5-12,26,28H,4,15,37H2,1-3H3. The fraction of sp³-hybridized carbons (Fsp3) is 0.226. The molecule has 1 unspecified atom stereocenters. The Labute approximate surface area is 255 Å². The van der Waals surface area contributed by atoms with E-state index in [-0.39, 0.29) is 51.4 Å². The Morgan fingerprint density at radius 1 is 1.09 bits per heavy atom. The van der Waals surface area contributed by atoms with Crippen LogP contribution in [0.4, 0.5) is 13.2 Å². The van der Waals surface area contributed by atoms with Gasteiger partial charge in [0.05, 0.1) is 49.3 Å². The van der Waals surface area contributed by atoms with Gasteiger partial charge in [0.25, 0.3) is 6.43 Å². The maximum Gasteiger partial charge on any atom is 0.338 e. The zero-order valence-electron chi connectivity index (χ0n) is 23.7. The second-order valence-corrected chi connectivity index (χ2v) is 10.0. The monoisotopic (exact) mass is 622 g/mol. The maximum atomic E-state index is 14.2. The smallest absolute Gasteiger partial charge is 0.338 e. The molecule has 1 atom stereocenters. The number of aromatic nitrogens is 1. The minimum Gasteiger partial charge on any atom is -0.493 e. The van der Waals surface area contributed by atoms with Crippen LogP contribution in [0.25, 0.3) is 11.3 Å². The van der Waals surface area contributed by atoms with Crippen molar-refractivity contribution in [2.45, 2.75) is 24.3 Å². The first-order valence-corrected chi connectivity index (χ1v) is 14.0. The molecule has 0 amide bonds. The zero-order valence-corrected chi connectivity index (χ0v) is 24.5. The number of nitrogens with two attached hydrogens (primary N) is 1. The number of carbonyl (C=O) groups is 1. The molecule has 0 saturated heterocycles. The van der Waals surface area contributed by atoms with Crippen LogP contribution in [-0.2, 0) is 14.3 Å². The molecular formula is C31H25F3N4O5S. The fourth-order valence-corrected chi connectivity index (χ4v) is 5.51. The number of carbonyl (C=O) groups excluding carboxylic acids is 1. The Morgan fingerprint density at radius 3 is 2.39 bits per heavy atom. The van der Waals surface area contributed by atoms with Gasteiger partial charge in [0, 0.05) is 11.1 Å². The van der Waals surface area contributed by atoms with Gasteiger partial charge in [-0.3, -0.25) is 0 Å². The highest BCUT2D eigenvalue weighted by Crippen LogP contribution is 2.42. The summed E-state index contributed by atoms with van der Waals surface area (Å²) in [6, 6.07) is 14.8. The van der Waals surface area contributed by atoms with Gasteiger partial charge in [0.2, 0.25) is 5.88 Å². The molecule has 2 heterocycles. The number of esters is 1. The number of nitrogens with zero attached hydrogens (tertiary/aromatic N) is 3. The zero-order chi connectivity index (χ0) is 32.0. The van der Waals surface area contributed by atoms with Crippen LogP contribution in [0.3, 0.4) is 0 Å². The Bertz CT molecular complexity index is 1730. The SMILES string of the molecule is CCOC(=O)C1=C(CSc2nc(-c3ccc(OC)c(OC)c3)cc(C(F)F)c2C#N)OC(N)=C(C#N)C1c1ccc(F)cc1. The van der Waals surface area contributed by atoms with Gasteiger partial charge in [-0.05, 0) is 48.9 Å². The number of rotatable bonds is 10. The molecule has 44 heavy (non-hydrogen) atoms. The normalized spacial score (nSPS) is 14.5. The van der Waals surface area contributed by atoms with Crippen molar-refractivity contribution < 1.29 is 36.9 Å². The summed E-state index contributed by atoms with van der Waals surface area (Å²) in [6.07, 6.45) is -3.01. The molecule has 4 rings (SSSR count). The van der Waals surface area contributed by atoms with Crippen LogP contribution in [0.1, 0.15) is 36.0 Å². The van der Waals surface area contributed by atoms with E-state index in [1.165, 1.54) is 38.5 Å². The minimum absolute atomic E-state index is 0.00870. The number of alkyl halides is 2. The molecular weight excluding hydrogens is 597 g/mol. The fourth-order valence-electron chi connectivity index (χ4n) is 4.55. The maximum absolute atomic E-state index is 14.2. The van der Waals surface area contributed by atoms with Crippen LogP contribution in [-0.4, -0.2) is 37.5 Å². The summed E-state index contributed by atoms with van der Waals surface area (Å²) in [5.74, 6) is -2.23. The van der Waals surface area contributed by atoms with Crippen LogP contribution in [0.5, 0.6) is 11.5 Å². The Balaban J connectivity index is 1.84. The number of methoxy groups -OCH3 is 2. The summed E-state index contributed by atoms with van der Waals surface area (Å²) < 4.78 is 63.7. The number of pyridine rings is 1.